The van der Waals surface area contributed by atoms with E-state index in [4.69, 9.17) is 9.84 Å². The molecular formula is C12H6BrFN2O5. The first kappa shape index (κ1) is 14.9. The molecule has 0 bridgehead atoms. The number of carboxylic acids is 1. The molecule has 0 amide bonds. The molecule has 0 aliphatic carbocycles. The molecule has 9 heteroatoms. The molecule has 0 atom stereocenters. The van der Waals surface area contributed by atoms with Crippen LogP contribution >= 0.6 is 15.9 Å². The second-order valence-electron chi connectivity index (χ2n) is 3.78. The molecule has 1 N–H and O–H groups in total. The molecule has 0 aliphatic rings. The molecule has 0 spiro atoms. The molecule has 0 radical (unpaired) electrons. The van der Waals surface area contributed by atoms with Gasteiger partial charge in [-0.2, -0.15) is 0 Å². The maximum atomic E-state index is 13.5. The fourth-order valence-corrected chi connectivity index (χ4v) is 1.79. The number of pyridine rings is 1. The van der Waals surface area contributed by atoms with Crippen LogP contribution < -0.4 is 4.74 Å². The van der Waals surface area contributed by atoms with E-state index in [2.05, 4.69) is 20.9 Å². The van der Waals surface area contributed by atoms with Crippen LogP contribution in [-0.2, 0) is 0 Å². The van der Waals surface area contributed by atoms with Gasteiger partial charge in [-0.15, -0.1) is 0 Å². The van der Waals surface area contributed by atoms with E-state index in [0.29, 0.717) is 0 Å². The minimum absolute atomic E-state index is 0.00720. The van der Waals surface area contributed by atoms with Gasteiger partial charge in [0.05, 0.1) is 9.40 Å². The van der Waals surface area contributed by atoms with Gasteiger partial charge in [0, 0.05) is 24.4 Å². The van der Waals surface area contributed by atoms with E-state index in [-0.39, 0.29) is 21.7 Å². The van der Waals surface area contributed by atoms with Gasteiger partial charge in [-0.3, -0.25) is 10.1 Å². The van der Waals surface area contributed by atoms with Gasteiger partial charge in [0.1, 0.15) is 11.6 Å². The topological polar surface area (TPSA) is 103 Å². The number of rotatable bonds is 4. The average Bonchev–Trinajstić information content (AvgIpc) is 2.42. The highest BCUT2D eigenvalue weighted by Crippen LogP contribution is 2.35. The standard InChI is InChI=1S/C12H6BrFN2O5/c13-7-4-10(16(19)20)11(5-8(7)14)21-6-1-2-15-9(3-6)12(17)18/h1-5H,(H,17,18). The highest BCUT2D eigenvalue weighted by atomic mass is 79.9. The molecule has 7 nitrogen and oxygen atoms in total. The molecule has 2 aromatic rings. The Hall–Kier alpha value is -2.55. The van der Waals surface area contributed by atoms with Gasteiger partial charge in [0.2, 0.25) is 5.75 Å². The predicted octanol–water partition coefficient (Wildman–Crippen LogP) is 3.38. The van der Waals surface area contributed by atoms with Crippen molar-refractivity contribution < 1.29 is 24.0 Å². The van der Waals surface area contributed by atoms with E-state index in [1.165, 1.54) is 12.3 Å². The third-order valence-electron chi connectivity index (χ3n) is 2.38. The van der Waals surface area contributed by atoms with Crippen LogP contribution in [0, 0.1) is 15.9 Å². The van der Waals surface area contributed by atoms with E-state index in [0.717, 1.165) is 18.2 Å². The normalized spacial score (nSPS) is 10.2. The summed E-state index contributed by atoms with van der Waals surface area (Å²) in [5.41, 5.74) is -0.760. The molecule has 1 heterocycles. The first-order valence-electron chi connectivity index (χ1n) is 5.39. The van der Waals surface area contributed by atoms with Gasteiger partial charge in [-0.25, -0.2) is 14.2 Å². The minimum atomic E-state index is -1.28. The van der Waals surface area contributed by atoms with Gasteiger partial charge in [-0.1, -0.05) is 0 Å². The van der Waals surface area contributed by atoms with Crippen molar-refractivity contribution in [3.8, 4) is 11.5 Å². The summed E-state index contributed by atoms with van der Waals surface area (Å²) < 4.78 is 18.6. The molecule has 0 fully saturated rings. The lowest BCUT2D eigenvalue weighted by molar-refractivity contribution is -0.385. The highest BCUT2D eigenvalue weighted by Gasteiger charge is 2.20. The van der Waals surface area contributed by atoms with Crippen LogP contribution in [-0.4, -0.2) is 21.0 Å². The molecule has 1 aromatic carbocycles. The van der Waals surface area contributed by atoms with E-state index < -0.39 is 22.4 Å². The molecule has 0 saturated carbocycles. The van der Waals surface area contributed by atoms with Crippen molar-refractivity contribution in [2.45, 2.75) is 0 Å². The molecule has 2 rings (SSSR count). The van der Waals surface area contributed by atoms with E-state index >= 15 is 0 Å². The van der Waals surface area contributed by atoms with Crippen molar-refractivity contribution >= 4 is 27.6 Å². The minimum Gasteiger partial charge on any atom is -0.477 e. The number of halogens is 2. The zero-order valence-corrected chi connectivity index (χ0v) is 11.7. The average molecular weight is 357 g/mol. The summed E-state index contributed by atoms with van der Waals surface area (Å²) >= 11 is 2.84. The lowest BCUT2D eigenvalue weighted by Gasteiger charge is -2.07. The van der Waals surface area contributed by atoms with Crippen LogP contribution in [0.25, 0.3) is 0 Å². The number of hydrogen-bond acceptors (Lipinski definition) is 5. The number of aromatic nitrogens is 1. The first-order chi connectivity index (χ1) is 9.88. The van der Waals surface area contributed by atoms with Crippen LogP contribution in [0.15, 0.2) is 34.9 Å². The summed E-state index contributed by atoms with van der Waals surface area (Å²) in [6, 6.07) is 4.18. The summed E-state index contributed by atoms with van der Waals surface area (Å²) in [6.45, 7) is 0. The molecule has 0 unspecified atom stereocenters. The van der Waals surface area contributed by atoms with Gasteiger partial charge in [-0.05, 0) is 22.0 Å². The van der Waals surface area contributed by atoms with E-state index in [1.54, 1.807) is 0 Å². The SMILES string of the molecule is O=C(O)c1cc(Oc2cc(F)c(Br)cc2[N+](=O)[O-])ccn1. The van der Waals surface area contributed by atoms with Crippen LogP contribution in [0.2, 0.25) is 0 Å². The van der Waals surface area contributed by atoms with Crippen LogP contribution in [0.5, 0.6) is 11.5 Å². The fourth-order valence-electron chi connectivity index (χ4n) is 1.46. The number of nitrogens with zero attached hydrogens (tertiary/aromatic N) is 2. The number of aromatic carboxylic acids is 1. The Morgan fingerprint density at radius 1 is 1.43 bits per heavy atom. The smallest absolute Gasteiger partial charge is 0.354 e. The molecule has 21 heavy (non-hydrogen) atoms. The predicted molar refractivity (Wildman–Crippen MR) is 72.0 cm³/mol. The second-order valence-corrected chi connectivity index (χ2v) is 4.63. The van der Waals surface area contributed by atoms with Gasteiger partial charge in [0.15, 0.2) is 5.69 Å². The van der Waals surface area contributed by atoms with Crippen LogP contribution in [0.1, 0.15) is 10.5 Å². The Balaban J connectivity index is 2.43. The second kappa shape index (κ2) is 5.83. The van der Waals surface area contributed by atoms with Crippen molar-refractivity contribution in [3.63, 3.8) is 0 Å². The highest BCUT2D eigenvalue weighted by molar-refractivity contribution is 9.10. The molecular weight excluding hydrogens is 351 g/mol. The Morgan fingerprint density at radius 3 is 2.76 bits per heavy atom. The van der Waals surface area contributed by atoms with Gasteiger partial charge in [0.25, 0.3) is 0 Å². The number of carboxylic acid groups (broad SMARTS) is 1. The maximum Gasteiger partial charge on any atom is 0.354 e. The van der Waals surface area contributed by atoms with Crippen molar-refractivity contribution in [1.29, 1.82) is 0 Å². The number of benzene rings is 1. The van der Waals surface area contributed by atoms with E-state index in [9.17, 15) is 19.3 Å². The molecule has 0 aliphatic heterocycles. The quantitative estimate of drug-likeness (QED) is 0.665. The van der Waals surface area contributed by atoms with Crippen LogP contribution in [0.4, 0.5) is 10.1 Å². The monoisotopic (exact) mass is 356 g/mol. The largest absolute Gasteiger partial charge is 0.477 e. The fraction of sp³-hybridized carbons (Fsp3) is 0. The number of ether oxygens (including phenoxy) is 1. The number of nitro groups is 1. The van der Waals surface area contributed by atoms with Gasteiger partial charge >= 0.3 is 11.7 Å². The lowest BCUT2D eigenvalue weighted by atomic mass is 10.3. The zero-order chi connectivity index (χ0) is 15.6. The molecule has 0 saturated heterocycles. The summed E-state index contributed by atoms with van der Waals surface area (Å²) in [5, 5.41) is 19.7. The summed E-state index contributed by atoms with van der Waals surface area (Å²) in [7, 11) is 0. The van der Waals surface area contributed by atoms with Crippen molar-refractivity contribution in [1.82, 2.24) is 4.98 Å². The zero-order valence-electron chi connectivity index (χ0n) is 10.1. The molecule has 108 valence electrons. The number of hydrogen-bond donors (Lipinski definition) is 1. The van der Waals surface area contributed by atoms with Gasteiger partial charge < -0.3 is 9.84 Å². The summed E-state index contributed by atoms with van der Waals surface area (Å²) in [5.74, 6) is -2.38. The third kappa shape index (κ3) is 3.31. The van der Waals surface area contributed by atoms with Crippen molar-refractivity contribution in [2.75, 3.05) is 0 Å². The summed E-state index contributed by atoms with van der Waals surface area (Å²) in [6.07, 6.45) is 1.17. The van der Waals surface area contributed by atoms with Crippen molar-refractivity contribution in [2.24, 2.45) is 0 Å². The number of carbonyl (C=O) groups is 1. The Bertz CT molecular complexity index is 738. The number of nitro benzene ring substituents is 1. The molecule has 1 aromatic heterocycles. The maximum absolute atomic E-state index is 13.5. The lowest BCUT2D eigenvalue weighted by Crippen LogP contribution is -2.00. The Kier molecular flexibility index (Phi) is 4.13. The van der Waals surface area contributed by atoms with Crippen molar-refractivity contribution in [3.05, 3.63) is 56.6 Å². The Labute approximate surface area is 125 Å². The van der Waals surface area contributed by atoms with Crippen LogP contribution in [0.3, 0.4) is 0 Å². The third-order valence-corrected chi connectivity index (χ3v) is 2.98. The first-order valence-corrected chi connectivity index (χ1v) is 6.18. The summed E-state index contributed by atoms with van der Waals surface area (Å²) in [4.78, 5) is 24.6. The Morgan fingerprint density at radius 2 is 2.14 bits per heavy atom. The van der Waals surface area contributed by atoms with E-state index in [1.807, 2.05) is 0 Å².